The first-order chi connectivity index (χ1) is 9.37. The first-order valence-electron chi connectivity index (χ1n) is 6.52. The Kier molecular flexibility index (Phi) is 6.50. The van der Waals surface area contributed by atoms with E-state index in [-0.39, 0.29) is 25.0 Å². The molecule has 0 spiro atoms. The van der Waals surface area contributed by atoms with Gasteiger partial charge < -0.3 is 10.9 Å². The van der Waals surface area contributed by atoms with Crippen LogP contribution >= 0.6 is 0 Å². The number of rotatable bonds is 6. The minimum absolute atomic E-state index is 0.131. The largest absolute Gasteiger partial charge is 0.522 e. The molecule has 1 fully saturated rings. The molecular weight excluding hydrogens is 277 g/mol. The van der Waals surface area contributed by atoms with E-state index in [9.17, 15) is 13.2 Å². The van der Waals surface area contributed by atoms with Gasteiger partial charge in [-0.3, -0.25) is 14.5 Å². The van der Waals surface area contributed by atoms with E-state index >= 15 is 0 Å². The molecule has 1 saturated heterocycles. The van der Waals surface area contributed by atoms with Crippen molar-refractivity contribution >= 4 is 5.84 Å². The van der Waals surface area contributed by atoms with Crippen molar-refractivity contribution in [2.75, 3.05) is 39.3 Å². The van der Waals surface area contributed by atoms with Gasteiger partial charge >= 0.3 is 6.36 Å². The maximum absolute atomic E-state index is 11.9. The molecule has 1 atom stereocenters. The molecule has 1 aliphatic rings. The Hall–Kier alpha value is -1.06. The topological polar surface area (TPSA) is 74.3 Å². The number of oxime groups is 1. The fourth-order valence-electron chi connectivity index (χ4n) is 2.31. The number of nitrogens with zero attached hydrogens (tertiary/aromatic N) is 3. The first-order valence-corrected chi connectivity index (χ1v) is 6.52. The van der Waals surface area contributed by atoms with Gasteiger partial charge in [0.25, 0.3) is 0 Å². The second-order valence-electron chi connectivity index (χ2n) is 4.62. The lowest BCUT2D eigenvalue weighted by Gasteiger charge is -2.38. The van der Waals surface area contributed by atoms with Crippen LogP contribution < -0.4 is 5.73 Å². The summed E-state index contributed by atoms with van der Waals surface area (Å²) in [5.74, 6) is 0.168. The summed E-state index contributed by atoms with van der Waals surface area (Å²) < 4.78 is 39.3. The molecule has 0 bridgehead atoms. The Morgan fingerprint density at radius 3 is 2.40 bits per heavy atom. The van der Waals surface area contributed by atoms with E-state index < -0.39 is 6.36 Å². The molecule has 1 unspecified atom stereocenters. The van der Waals surface area contributed by atoms with Crippen LogP contribution in [-0.2, 0) is 4.74 Å². The molecule has 20 heavy (non-hydrogen) atoms. The molecule has 0 radical (unpaired) electrons. The van der Waals surface area contributed by atoms with Gasteiger partial charge in [0.2, 0.25) is 0 Å². The third-order valence-corrected chi connectivity index (χ3v) is 3.36. The van der Waals surface area contributed by atoms with Gasteiger partial charge in [-0.05, 0) is 6.42 Å². The predicted molar refractivity (Wildman–Crippen MR) is 67.5 cm³/mol. The average Bonchev–Trinajstić information content (AvgIpc) is 2.39. The van der Waals surface area contributed by atoms with Gasteiger partial charge in [-0.15, -0.1) is 13.2 Å². The molecule has 1 rings (SSSR count). The summed E-state index contributed by atoms with van der Waals surface area (Å²) in [6.45, 7) is 4.43. The van der Waals surface area contributed by atoms with Crippen LogP contribution in [0.15, 0.2) is 5.16 Å². The number of amidine groups is 1. The molecule has 0 amide bonds. The molecule has 6 nitrogen and oxygen atoms in total. The minimum Gasteiger partial charge on any atom is -0.409 e. The summed E-state index contributed by atoms with van der Waals surface area (Å²) >= 11 is 0. The zero-order chi connectivity index (χ0) is 15.2. The normalized spacial score (nSPS) is 21.1. The van der Waals surface area contributed by atoms with Crippen LogP contribution in [0.5, 0.6) is 0 Å². The lowest BCUT2D eigenvalue weighted by molar-refractivity contribution is -0.325. The highest BCUT2D eigenvalue weighted by molar-refractivity contribution is 5.85. The van der Waals surface area contributed by atoms with Crippen molar-refractivity contribution in [1.82, 2.24) is 9.80 Å². The van der Waals surface area contributed by atoms with Crippen molar-refractivity contribution < 1.29 is 23.1 Å². The smallest absolute Gasteiger partial charge is 0.409 e. The maximum atomic E-state index is 11.9. The Balaban J connectivity index is 2.32. The monoisotopic (exact) mass is 298 g/mol. The molecule has 1 heterocycles. The highest BCUT2D eigenvalue weighted by Gasteiger charge is 2.30. The third kappa shape index (κ3) is 5.51. The van der Waals surface area contributed by atoms with Gasteiger partial charge in [0.1, 0.15) is 0 Å². The second kappa shape index (κ2) is 7.65. The number of hydrogen-bond acceptors (Lipinski definition) is 5. The SMILES string of the molecule is CCC(C(N)=NO)N1CCN(CCOC(F)(F)F)CC1. The standard InChI is InChI=1S/C11H21F3N4O2/c1-2-9(10(15)16-19)18-5-3-17(4-6-18)7-8-20-11(12,13)14/h9,19H,2-8H2,1H3,(H2,15,16). The average molecular weight is 298 g/mol. The van der Waals surface area contributed by atoms with Crippen molar-refractivity contribution in [3.05, 3.63) is 0 Å². The number of piperazine rings is 1. The summed E-state index contributed by atoms with van der Waals surface area (Å²) in [5, 5.41) is 11.7. The van der Waals surface area contributed by atoms with Crippen molar-refractivity contribution in [2.24, 2.45) is 10.9 Å². The van der Waals surface area contributed by atoms with Crippen LogP contribution in [0.3, 0.4) is 0 Å². The molecule has 0 aromatic rings. The summed E-state index contributed by atoms with van der Waals surface area (Å²) in [7, 11) is 0. The minimum atomic E-state index is -4.57. The number of hydrogen-bond donors (Lipinski definition) is 2. The van der Waals surface area contributed by atoms with Crippen LogP contribution in [0.25, 0.3) is 0 Å². The molecular formula is C11H21F3N4O2. The third-order valence-electron chi connectivity index (χ3n) is 3.36. The Morgan fingerprint density at radius 1 is 1.35 bits per heavy atom. The molecule has 0 saturated carbocycles. The van der Waals surface area contributed by atoms with E-state index in [1.807, 2.05) is 11.8 Å². The maximum Gasteiger partial charge on any atom is 0.522 e. The summed E-state index contributed by atoms with van der Waals surface area (Å²) in [4.78, 5) is 3.97. The van der Waals surface area contributed by atoms with E-state index in [4.69, 9.17) is 10.9 Å². The summed E-state index contributed by atoms with van der Waals surface area (Å²) in [6.07, 6.45) is -3.85. The van der Waals surface area contributed by atoms with Gasteiger partial charge in [-0.1, -0.05) is 12.1 Å². The van der Waals surface area contributed by atoms with Crippen molar-refractivity contribution in [2.45, 2.75) is 25.7 Å². The molecule has 0 aliphatic carbocycles. The molecule has 0 aromatic heterocycles. The second-order valence-corrected chi connectivity index (χ2v) is 4.62. The van der Waals surface area contributed by atoms with E-state index in [1.54, 1.807) is 0 Å². The van der Waals surface area contributed by atoms with Gasteiger partial charge in [0.05, 0.1) is 12.6 Å². The molecule has 1 aliphatic heterocycles. The Bertz CT molecular complexity index is 317. The highest BCUT2D eigenvalue weighted by Crippen LogP contribution is 2.16. The van der Waals surface area contributed by atoms with E-state index in [0.29, 0.717) is 32.6 Å². The van der Waals surface area contributed by atoms with Crippen molar-refractivity contribution in [1.29, 1.82) is 0 Å². The van der Waals surface area contributed by atoms with E-state index in [0.717, 1.165) is 0 Å². The van der Waals surface area contributed by atoms with Crippen LogP contribution in [0, 0.1) is 0 Å². The molecule has 3 N–H and O–H groups in total. The van der Waals surface area contributed by atoms with E-state index in [2.05, 4.69) is 14.8 Å². The first kappa shape index (κ1) is 17.0. The van der Waals surface area contributed by atoms with Gasteiger partial charge in [-0.25, -0.2) is 0 Å². The van der Waals surface area contributed by atoms with Gasteiger partial charge in [-0.2, -0.15) is 0 Å². The van der Waals surface area contributed by atoms with Crippen LogP contribution in [0.2, 0.25) is 0 Å². The number of halogens is 3. The Morgan fingerprint density at radius 2 is 1.95 bits per heavy atom. The lowest BCUT2D eigenvalue weighted by Crippen LogP contribution is -2.54. The fourth-order valence-corrected chi connectivity index (χ4v) is 2.31. The summed E-state index contributed by atoms with van der Waals surface area (Å²) in [6, 6.07) is -0.131. The quantitative estimate of drug-likeness (QED) is 0.326. The molecule has 9 heteroatoms. The van der Waals surface area contributed by atoms with Crippen molar-refractivity contribution in [3.63, 3.8) is 0 Å². The lowest BCUT2D eigenvalue weighted by atomic mass is 10.1. The van der Waals surface area contributed by atoms with Gasteiger partial charge in [0.15, 0.2) is 5.84 Å². The Labute approximate surface area is 115 Å². The predicted octanol–water partition coefficient (Wildman–Crippen LogP) is 0.665. The number of nitrogens with two attached hydrogens (primary N) is 1. The number of ether oxygens (including phenoxy) is 1. The zero-order valence-corrected chi connectivity index (χ0v) is 11.4. The summed E-state index contributed by atoms with van der Waals surface area (Å²) in [5.41, 5.74) is 5.62. The van der Waals surface area contributed by atoms with E-state index in [1.165, 1.54) is 0 Å². The number of alkyl halides is 3. The highest BCUT2D eigenvalue weighted by atomic mass is 19.4. The van der Waals surface area contributed by atoms with Gasteiger partial charge in [0, 0.05) is 32.7 Å². The van der Waals surface area contributed by atoms with Crippen LogP contribution in [0.4, 0.5) is 13.2 Å². The van der Waals surface area contributed by atoms with Crippen molar-refractivity contribution in [3.8, 4) is 0 Å². The molecule has 0 aromatic carbocycles. The fraction of sp³-hybridized carbons (Fsp3) is 0.909. The molecule has 118 valence electrons. The van der Waals surface area contributed by atoms with Crippen LogP contribution in [0.1, 0.15) is 13.3 Å². The van der Waals surface area contributed by atoms with Crippen LogP contribution in [-0.4, -0.2) is 72.6 Å². The zero-order valence-electron chi connectivity index (χ0n) is 11.4.